The highest BCUT2D eigenvalue weighted by Gasteiger charge is 2.34. The van der Waals surface area contributed by atoms with Gasteiger partial charge in [-0.3, -0.25) is 14.5 Å². The number of Topliss-reactive ketones (excluding diaryl/α,β-unsaturated/α-hetero) is 1. The quantitative estimate of drug-likeness (QED) is 0.311. The number of anilines is 2. The van der Waals surface area contributed by atoms with E-state index in [1.54, 1.807) is 17.0 Å². The maximum Gasteiger partial charge on any atom is 0.268 e. The van der Waals surface area contributed by atoms with Crippen molar-refractivity contribution in [3.8, 4) is 0 Å². The second-order valence-corrected chi connectivity index (χ2v) is 9.14. The number of hydrogen-bond donors (Lipinski definition) is 1. The van der Waals surface area contributed by atoms with E-state index in [9.17, 15) is 9.59 Å². The van der Waals surface area contributed by atoms with E-state index in [-0.39, 0.29) is 11.7 Å². The van der Waals surface area contributed by atoms with Gasteiger partial charge in [0.25, 0.3) is 5.91 Å². The van der Waals surface area contributed by atoms with Gasteiger partial charge in [-0.05, 0) is 61.5 Å². The molecule has 4 rings (SSSR count). The van der Waals surface area contributed by atoms with Gasteiger partial charge in [0.2, 0.25) is 0 Å². The van der Waals surface area contributed by atoms with Gasteiger partial charge >= 0.3 is 0 Å². The van der Waals surface area contributed by atoms with Crippen molar-refractivity contribution in [2.75, 3.05) is 23.8 Å². The van der Waals surface area contributed by atoms with Gasteiger partial charge in [0.15, 0.2) is 11.0 Å². The zero-order chi connectivity index (χ0) is 24.8. The number of carbonyl (C=O) groups is 2. The summed E-state index contributed by atoms with van der Waals surface area (Å²) in [6, 6.07) is 25.2. The van der Waals surface area contributed by atoms with E-state index in [0.29, 0.717) is 34.4 Å². The molecule has 0 bridgehead atoms. The largest absolute Gasteiger partial charge is 0.384 e. The Bertz CT molecular complexity index is 1270. The van der Waals surface area contributed by atoms with Crippen LogP contribution in [-0.4, -0.2) is 35.4 Å². The standard InChI is InChI=1S/C28H28N4O2S/c1-4-29-24-16-15-22(20(2)33)17-25(24)30-28-32(18-21-11-7-5-8-12-21)27(34)26(35-28)19-31(3)23-13-9-6-10-14-23/h5-17,19,29H,4,18H2,1-3H3/b26-19?,30-28-. The number of benzene rings is 3. The van der Waals surface area contributed by atoms with E-state index in [2.05, 4.69) is 5.32 Å². The van der Waals surface area contributed by atoms with Crippen molar-refractivity contribution in [1.29, 1.82) is 0 Å². The molecule has 6 nitrogen and oxygen atoms in total. The van der Waals surface area contributed by atoms with E-state index in [4.69, 9.17) is 4.99 Å². The second kappa shape index (κ2) is 11.1. The molecule has 0 atom stereocenters. The summed E-state index contributed by atoms with van der Waals surface area (Å²) in [5.41, 5.74) is 4.02. The fraction of sp³-hybridized carbons (Fsp3) is 0.179. The molecule has 1 saturated heterocycles. The smallest absolute Gasteiger partial charge is 0.268 e. The number of para-hydroxylation sites is 1. The zero-order valence-corrected chi connectivity index (χ0v) is 20.9. The number of amides is 1. The molecule has 3 aromatic rings. The van der Waals surface area contributed by atoms with Gasteiger partial charge in [-0.1, -0.05) is 48.5 Å². The molecule has 1 aliphatic heterocycles. The van der Waals surface area contributed by atoms with Gasteiger partial charge in [0.05, 0.1) is 22.8 Å². The molecular formula is C28H28N4O2S. The lowest BCUT2D eigenvalue weighted by molar-refractivity contribution is -0.122. The van der Waals surface area contributed by atoms with E-state index in [1.807, 2.05) is 91.8 Å². The summed E-state index contributed by atoms with van der Waals surface area (Å²) in [5.74, 6) is -0.135. The van der Waals surface area contributed by atoms with E-state index in [0.717, 1.165) is 16.9 Å². The molecule has 1 fully saturated rings. The fourth-order valence-corrected chi connectivity index (χ4v) is 4.69. The van der Waals surface area contributed by atoms with Crippen molar-refractivity contribution >= 4 is 45.7 Å². The summed E-state index contributed by atoms with van der Waals surface area (Å²) >= 11 is 1.34. The van der Waals surface area contributed by atoms with Crippen LogP contribution in [0.25, 0.3) is 0 Å². The van der Waals surface area contributed by atoms with Crippen molar-refractivity contribution in [3.63, 3.8) is 0 Å². The number of carbonyl (C=O) groups excluding carboxylic acids is 2. The molecular weight excluding hydrogens is 456 g/mol. The third-order valence-electron chi connectivity index (χ3n) is 5.53. The summed E-state index contributed by atoms with van der Waals surface area (Å²) in [7, 11) is 1.92. The Morgan fingerprint density at radius 1 is 1.06 bits per heavy atom. The molecule has 0 aromatic heterocycles. The number of amidine groups is 1. The van der Waals surface area contributed by atoms with Gasteiger partial charge < -0.3 is 10.2 Å². The number of ketones is 1. The van der Waals surface area contributed by atoms with Gasteiger partial charge in [0, 0.05) is 31.0 Å². The molecule has 35 heavy (non-hydrogen) atoms. The van der Waals surface area contributed by atoms with Crippen LogP contribution in [0.5, 0.6) is 0 Å². The Morgan fingerprint density at radius 2 is 1.74 bits per heavy atom. The Labute approximate surface area is 210 Å². The van der Waals surface area contributed by atoms with E-state index in [1.165, 1.54) is 18.7 Å². The monoisotopic (exact) mass is 484 g/mol. The summed E-state index contributed by atoms with van der Waals surface area (Å²) < 4.78 is 0. The first-order valence-electron chi connectivity index (χ1n) is 11.5. The van der Waals surface area contributed by atoms with E-state index < -0.39 is 0 Å². The van der Waals surface area contributed by atoms with Crippen LogP contribution >= 0.6 is 11.8 Å². The number of aliphatic imine (C=N–C) groups is 1. The van der Waals surface area contributed by atoms with Crippen molar-refractivity contribution in [3.05, 3.63) is 101 Å². The summed E-state index contributed by atoms with van der Waals surface area (Å²) in [6.07, 6.45) is 1.85. The van der Waals surface area contributed by atoms with Gasteiger partial charge in [-0.2, -0.15) is 0 Å². The van der Waals surface area contributed by atoms with Crippen molar-refractivity contribution in [2.24, 2.45) is 4.99 Å². The van der Waals surface area contributed by atoms with Crippen LogP contribution < -0.4 is 10.2 Å². The molecule has 0 aliphatic carbocycles. The first-order valence-corrected chi connectivity index (χ1v) is 12.3. The topological polar surface area (TPSA) is 65.0 Å². The number of thioether (sulfide) groups is 1. The average molecular weight is 485 g/mol. The minimum absolute atomic E-state index is 0.0316. The lowest BCUT2D eigenvalue weighted by atomic mass is 10.1. The molecule has 0 spiro atoms. The van der Waals surface area contributed by atoms with Crippen LogP contribution in [0, 0.1) is 0 Å². The number of nitrogens with zero attached hydrogens (tertiary/aromatic N) is 3. The van der Waals surface area contributed by atoms with Crippen LogP contribution in [0.15, 0.2) is 95.0 Å². The molecule has 3 aromatic carbocycles. The Balaban J connectivity index is 1.75. The van der Waals surface area contributed by atoms with E-state index >= 15 is 0 Å². The van der Waals surface area contributed by atoms with Gasteiger partial charge in [-0.25, -0.2) is 4.99 Å². The molecule has 1 heterocycles. The van der Waals surface area contributed by atoms with Gasteiger partial charge in [-0.15, -0.1) is 0 Å². The Morgan fingerprint density at radius 3 is 2.40 bits per heavy atom. The SMILES string of the molecule is CCNc1ccc(C(C)=O)cc1/N=C1\SC(=CN(C)c2ccccc2)C(=O)N1Cc1ccccc1. The second-order valence-electron chi connectivity index (χ2n) is 8.13. The molecule has 1 amide bonds. The highest BCUT2D eigenvalue weighted by atomic mass is 32.2. The van der Waals surface area contributed by atoms with Crippen LogP contribution in [0.3, 0.4) is 0 Å². The Kier molecular flexibility index (Phi) is 7.67. The van der Waals surface area contributed by atoms with Crippen LogP contribution in [-0.2, 0) is 11.3 Å². The minimum Gasteiger partial charge on any atom is -0.384 e. The van der Waals surface area contributed by atoms with Crippen LogP contribution in [0.4, 0.5) is 17.1 Å². The highest BCUT2D eigenvalue weighted by Crippen LogP contribution is 2.36. The van der Waals surface area contributed by atoms with Crippen molar-refractivity contribution in [2.45, 2.75) is 20.4 Å². The zero-order valence-electron chi connectivity index (χ0n) is 20.1. The molecule has 7 heteroatoms. The van der Waals surface area contributed by atoms with Crippen molar-refractivity contribution < 1.29 is 9.59 Å². The van der Waals surface area contributed by atoms with Crippen LogP contribution in [0.2, 0.25) is 0 Å². The predicted molar refractivity (Wildman–Crippen MR) is 145 cm³/mol. The van der Waals surface area contributed by atoms with Crippen molar-refractivity contribution in [1.82, 2.24) is 4.90 Å². The van der Waals surface area contributed by atoms with Crippen LogP contribution in [0.1, 0.15) is 29.8 Å². The number of hydrogen-bond acceptors (Lipinski definition) is 6. The summed E-state index contributed by atoms with van der Waals surface area (Å²) in [6.45, 7) is 4.66. The summed E-state index contributed by atoms with van der Waals surface area (Å²) in [4.78, 5) is 34.6. The normalized spacial score (nSPS) is 15.6. The number of nitrogens with one attached hydrogen (secondary N) is 1. The lowest BCUT2D eigenvalue weighted by Crippen LogP contribution is -2.28. The average Bonchev–Trinajstić information content (AvgIpc) is 3.15. The molecule has 1 N–H and O–H groups in total. The number of rotatable bonds is 8. The first kappa shape index (κ1) is 24.3. The highest BCUT2D eigenvalue weighted by molar-refractivity contribution is 8.18. The molecule has 0 saturated carbocycles. The molecule has 0 unspecified atom stereocenters. The fourth-order valence-electron chi connectivity index (χ4n) is 3.69. The minimum atomic E-state index is -0.104. The summed E-state index contributed by atoms with van der Waals surface area (Å²) in [5, 5.41) is 3.88. The molecule has 1 aliphatic rings. The van der Waals surface area contributed by atoms with Gasteiger partial charge in [0.1, 0.15) is 0 Å². The molecule has 0 radical (unpaired) electrons. The maximum atomic E-state index is 13.5. The third-order valence-corrected chi connectivity index (χ3v) is 6.53. The maximum absolute atomic E-state index is 13.5. The Hall–Kier alpha value is -3.84. The molecule has 178 valence electrons. The lowest BCUT2D eigenvalue weighted by Gasteiger charge is -2.17. The third kappa shape index (κ3) is 5.81. The predicted octanol–water partition coefficient (Wildman–Crippen LogP) is 6.06. The first-order chi connectivity index (χ1) is 17.0.